The van der Waals surface area contributed by atoms with Crippen LogP contribution in [-0.4, -0.2) is 32.6 Å². The Morgan fingerprint density at radius 2 is 2.00 bits per heavy atom. The van der Waals surface area contributed by atoms with Crippen molar-refractivity contribution < 1.29 is 9.90 Å². The summed E-state index contributed by atoms with van der Waals surface area (Å²) in [5.74, 6) is -1.12. The number of carboxylic acid groups (broad SMARTS) is 1. The fraction of sp³-hybridized carbons (Fsp3) is 0.375. The number of aryl methyl sites for hydroxylation is 1. The third-order valence-corrected chi connectivity index (χ3v) is 6.14. The maximum atomic E-state index is 12.2. The molecule has 1 unspecified atom stereocenters. The first-order valence-electron chi connectivity index (χ1n) is 10.4. The van der Waals surface area contributed by atoms with Crippen LogP contribution >= 0.6 is 12.4 Å². The fourth-order valence-electron chi connectivity index (χ4n) is 4.38. The van der Waals surface area contributed by atoms with Crippen LogP contribution in [0, 0.1) is 5.41 Å². The van der Waals surface area contributed by atoms with E-state index in [-0.39, 0.29) is 18.3 Å². The lowest BCUT2D eigenvalue weighted by Gasteiger charge is -2.32. The number of fused-ring (bicyclic) bond motifs is 2. The van der Waals surface area contributed by atoms with Crippen molar-refractivity contribution in [3.63, 3.8) is 0 Å². The molecule has 1 aliphatic heterocycles. The maximum Gasteiger partial charge on any atom is 0.310 e. The van der Waals surface area contributed by atoms with Crippen molar-refractivity contribution >= 4 is 29.4 Å². The van der Waals surface area contributed by atoms with Crippen LogP contribution in [0.2, 0.25) is 0 Å². The zero-order valence-corrected chi connectivity index (χ0v) is 18.8. The molecule has 1 aliphatic rings. The second kappa shape index (κ2) is 9.20. The first-order chi connectivity index (χ1) is 14.4. The molecule has 2 aromatic carbocycles. The number of aliphatic carboxylic acids is 1. The number of carboxylic acids is 1. The van der Waals surface area contributed by atoms with Crippen LogP contribution in [0.15, 0.2) is 49.1 Å². The van der Waals surface area contributed by atoms with Gasteiger partial charge in [-0.2, -0.15) is 0 Å². The summed E-state index contributed by atoms with van der Waals surface area (Å²) in [4.78, 5) is 12.2. The van der Waals surface area contributed by atoms with Crippen molar-refractivity contribution in [3.05, 3.63) is 71.3 Å². The standard InChI is InChI=1S/C24H28N4O2.ClH/c1-4-5-12-28-21-9-8-18(14-20(21)26-27-28)22(24(2,3)23(29)30)17-7-6-16-10-11-25-15-19(16)13-17;/h4,6-9,13-14,22,25H,1,5,10-12,15H2,2-3H3,(H,29,30);1H. The van der Waals surface area contributed by atoms with E-state index >= 15 is 0 Å². The van der Waals surface area contributed by atoms with Crippen molar-refractivity contribution in [2.75, 3.05) is 6.54 Å². The molecule has 1 atom stereocenters. The molecule has 0 aliphatic carbocycles. The molecule has 2 heterocycles. The van der Waals surface area contributed by atoms with E-state index in [2.05, 4.69) is 40.4 Å². The Kier molecular flexibility index (Phi) is 6.82. The molecule has 0 saturated carbocycles. The van der Waals surface area contributed by atoms with E-state index in [1.807, 2.05) is 29.0 Å². The summed E-state index contributed by atoms with van der Waals surface area (Å²) in [5, 5.41) is 22.0. The number of nitrogens with zero attached hydrogens (tertiary/aromatic N) is 3. The highest BCUT2D eigenvalue weighted by atomic mass is 35.5. The molecular formula is C24H29ClN4O2. The average molecular weight is 441 g/mol. The highest BCUT2D eigenvalue weighted by Gasteiger charge is 2.39. The second-order valence-corrected chi connectivity index (χ2v) is 8.55. The third kappa shape index (κ3) is 4.36. The van der Waals surface area contributed by atoms with Crippen molar-refractivity contribution in [1.82, 2.24) is 20.3 Å². The first-order valence-corrected chi connectivity index (χ1v) is 10.4. The predicted octanol–water partition coefficient (Wildman–Crippen LogP) is 4.32. The summed E-state index contributed by atoms with van der Waals surface area (Å²) in [7, 11) is 0. The summed E-state index contributed by atoms with van der Waals surface area (Å²) >= 11 is 0. The predicted molar refractivity (Wildman–Crippen MR) is 125 cm³/mol. The maximum absolute atomic E-state index is 12.2. The molecule has 1 aromatic heterocycles. The topological polar surface area (TPSA) is 80.0 Å². The number of carbonyl (C=O) groups is 1. The van der Waals surface area contributed by atoms with Gasteiger partial charge in [-0.3, -0.25) is 4.79 Å². The molecule has 4 rings (SSSR count). The second-order valence-electron chi connectivity index (χ2n) is 8.55. The lowest BCUT2D eigenvalue weighted by Crippen LogP contribution is -2.32. The Hall–Kier alpha value is -2.70. The number of rotatable bonds is 7. The van der Waals surface area contributed by atoms with Gasteiger partial charge in [0, 0.05) is 19.0 Å². The summed E-state index contributed by atoms with van der Waals surface area (Å²) in [6, 6.07) is 12.4. The molecule has 6 nitrogen and oxygen atoms in total. The van der Waals surface area contributed by atoms with Gasteiger partial charge in [0.25, 0.3) is 0 Å². The molecule has 3 aromatic rings. The largest absolute Gasteiger partial charge is 0.481 e. The zero-order valence-electron chi connectivity index (χ0n) is 18.0. The minimum Gasteiger partial charge on any atom is -0.481 e. The number of nitrogens with one attached hydrogen (secondary N) is 1. The molecule has 7 heteroatoms. The van der Waals surface area contributed by atoms with Crippen LogP contribution in [0.25, 0.3) is 11.0 Å². The van der Waals surface area contributed by atoms with Gasteiger partial charge in [-0.1, -0.05) is 35.6 Å². The van der Waals surface area contributed by atoms with E-state index in [0.29, 0.717) is 0 Å². The molecule has 0 bridgehead atoms. The molecule has 0 fully saturated rings. The van der Waals surface area contributed by atoms with Crippen LogP contribution < -0.4 is 5.32 Å². The molecule has 0 saturated heterocycles. The van der Waals surface area contributed by atoms with E-state index in [4.69, 9.17) is 0 Å². The van der Waals surface area contributed by atoms with E-state index < -0.39 is 11.4 Å². The van der Waals surface area contributed by atoms with Gasteiger partial charge in [0.05, 0.1) is 10.9 Å². The van der Waals surface area contributed by atoms with Crippen LogP contribution in [0.3, 0.4) is 0 Å². The van der Waals surface area contributed by atoms with Crippen LogP contribution in [0.5, 0.6) is 0 Å². The molecule has 164 valence electrons. The zero-order chi connectivity index (χ0) is 21.3. The molecular weight excluding hydrogens is 412 g/mol. The van der Waals surface area contributed by atoms with Gasteiger partial charge in [-0.15, -0.1) is 24.1 Å². The lowest BCUT2D eigenvalue weighted by molar-refractivity contribution is -0.147. The first kappa shape index (κ1) is 23.0. The van der Waals surface area contributed by atoms with Crippen molar-refractivity contribution in [1.29, 1.82) is 0 Å². The number of hydrogen-bond acceptors (Lipinski definition) is 4. The summed E-state index contributed by atoms with van der Waals surface area (Å²) in [6.45, 7) is 9.88. The van der Waals surface area contributed by atoms with Crippen molar-refractivity contribution in [3.8, 4) is 0 Å². The SMILES string of the molecule is C=CCCn1nnc2cc(C(c3ccc4c(c3)CNCC4)C(C)(C)C(=O)O)ccc21.Cl. The number of benzene rings is 2. The number of aromatic nitrogens is 3. The lowest BCUT2D eigenvalue weighted by atomic mass is 9.70. The van der Waals surface area contributed by atoms with Gasteiger partial charge in [-0.25, -0.2) is 4.68 Å². The van der Waals surface area contributed by atoms with Gasteiger partial charge in [0.15, 0.2) is 0 Å². The van der Waals surface area contributed by atoms with E-state index in [9.17, 15) is 9.90 Å². The smallest absolute Gasteiger partial charge is 0.310 e. The normalized spacial score (nSPS) is 14.5. The molecule has 0 spiro atoms. The summed E-state index contributed by atoms with van der Waals surface area (Å²) < 4.78 is 1.86. The van der Waals surface area contributed by atoms with Crippen molar-refractivity contribution in [2.45, 2.75) is 45.7 Å². The third-order valence-electron chi connectivity index (χ3n) is 6.14. The Bertz CT molecular complexity index is 1110. The molecule has 0 radical (unpaired) electrons. The van der Waals surface area contributed by atoms with Crippen LogP contribution in [0.1, 0.15) is 48.4 Å². The van der Waals surface area contributed by atoms with Gasteiger partial charge in [0.2, 0.25) is 0 Å². The molecule has 2 N–H and O–H groups in total. The minimum atomic E-state index is -0.983. The van der Waals surface area contributed by atoms with Crippen LogP contribution in [0.4, 0.5) is 0 Å². The summed E-state index contributed by atoms with van der Waals surface area (Å²) in [5.41, 5.74) is 5.29. The van der Waals surface area contributed by atoms with E-state index in [1.165, 1.54) is 11.1 Å². The monoisotopic (exact) mass is 440 g/mol. The highest BCUT2D eigenvalue weighted by molar-refractivity contribution is 5.85. The number of allylic oxidation sites excluding steroid dienone is 1. The summed E-state index contributed by atoms with van der Waals surface area (Å²) in [6.07, 6.45) is 3.68. The van der Waals surface area contributed by atoms with Crippen molar-refractivity contribution in [2.24, 2.45) is 5.41 Å². The Morgan fingerprint density at radius 1 is 1.26 bits per heavy atom. The van der Waals surface area contributed by atoms with Crippen LogP contribution in [-0.2, 0) is 24.3 Å². The Balaban J connectivity index is 0.00000272. The number of hydrogen-bond donors (Lipinski definition) is 2. The fourth-order valence-corrected chi connectivity index (χ4v) is 4.38. The highest BCUT2D eigenvalue weighted by Crippen LogP contribution is 2.42. The van der Waals surface area contributed by atoms with Gasteiger partial charge < -0.3 is 10.4 Å². The molecule has 0 amide bonds. The minimum absolute atomic E-state index is 0. The van der Waals surface area contributed by atoms with Gasteiger partial charge in [-0.05, 0) is 67.6 Å². The van der Waals surface area contributed by atoms with Gasteiger partial charge in [0.1, 0.15) is 5.52 Å². The van der Waals surface area contributed by atoms with E-state index in [1.54, 1.807) is 13.8 Å². The molecule has 31 heavy (non-hydrogen) atoms. The Morgan fingerprint density at radius 3 is 2.74 bits per heavy atom. The van der Waals surface area contributed by atoms with Gasteiger partial charge >= 0.3 is 5.97 Å². The number of halogens is 1. The van der Waals surface area contributed by atoms with E-state index in [0.717, 1.165) is 54.6 Å². The average Bonchev–Trinajstić information content (AvgIpc) is 3.14. The Labute approximate surface area is 188 Å². The quantitative estimate of drug-likeness (QED) is 0.535.